The van der Waals surface area contributed by atoms with Gasteiger partial charge in [-0.25, -0.2) is 8.42 Å². The maximum Gasteiger partial charge on any atom is 0.321 e. The van der Waals surface area contributed by atoms with Gasteiger partial charge in [0.25, 0.3) is 0 Å². The lowest BCUT2D eigenvalue weighted by molar-refractivity contribution is -0.139. The second-order valence-electron chi connectivity index (χ2n) is 4.75. The zero-order chi connectivity index (χ0) is 15.3. The van der Waals surface area contributed by atoms with Gasteiger partial charge in [-0.2, -0.15) is 9.98 Å². The van der Waals surface area contributed by atoms with Crippen LogP contribution in [0, 0.1) is 17.2 Å². The highest BCUT2D eigenvalue weighted by atomic mass is 32.2. The van der Waals surface area contributed by atoms with Gasteiger partial charge in [0.1, 0.15) is 12.1 Å². The minimum Gasteiger partial charge on any atom is -0.480 e. The molecule has 0 unspecified atom stereocenters. The first kappa shape index (κ1) is 16.1. The van der Waals surface area contributed by atoms with Gasteiger partial charge in [0, 0.05) is 0 Å². The summed E-state index contributed by atoms with van der Waals surface area (Å²) in [6.07, 6.45) is 0.170. The van der Waals surface area contributed by atoms with E-state index in [1.54, 1.807) is 26.0 Å². The molecule has 0 aliphatic heterocycles. The predicted octanol–water partition coefficient (Wildman–Crippen LogP) is 1.34. The van der Waals surface area contributed by atoms with Crippen molar-refractivity contribution in [3.8, 4) is 6.07 Å². The Hall–Kier alpha value is -1.91. The molecule has 0 aromatic heterocycles. The topological polar surface area (TPSA) is 107 Å². The van der Waals surface area contributed by atoms with Gasteiger partial charge in [-0.3, -0.25) is 4.79 Å². The molecule has 0 saturated heterocycles. The monoisotopic (exact) mass is 296 g/mol. The van der Waals surface area contributed by atoms with Crippen molar-refractivity contribution in [2.24, 2.45) is 5.92 Å². The number of nitrogens with one attached hydrogen (secondary N) is 1. The van der Waals surface area contributed by atoms with E-state index in [1.807, 2.05) is 0 Å². The maximum absolute atomic E-state index is 12.2. The highest BCUT2D eigenvalue weighted by molar-refractivity contribution is 7.89. The van der Waals surface area contributed by atoms with E-state index < -0.39 is 22.0 Å². The summed E-state index contributed by atoms with van der Waals surface area (Å²) in [5.74, 6) is -1.22. The molecule has 7 heteroatoms. The Bertz CT molecular complexity index is 632. The zero-order valence-electron chi connectivity index (χ0n) is 11.2. The summed E-state index contributed by atoms with van der Waals surface area (Å²) in [7, 11) is -4.05. The number of nitrogens with zero attached hydrogens (tertiary/aromatic N) is 1. The third-order valence-electron chi connectivity index (χ3n) is 2.60. The SMILES string of the molecule is CC(C)C[C@@H](NS(=O)(=O)c1ccccc1C#N)C(=O)O. The fourth-order valence-corrected chi connectivity index (χ4v) is 3.07. The first-order valence-corrected chi connectivity index (χ1v) is 7.50. The first-order chi connectivity index (χ1) is 9.27. The molecule has 0 amide bonds. The van der Waals surface area contributed by atoms with E-state index >= 15 is 0 Å². The number of rotatable bonds is 6. The molecule has 0 heterocycles. The van der Waals surface area contributed by atoms with Gasteiger partial charge in [0.15, 0.2) is 0 Å². The van der Waals surface area contributed by atoms with Crippen LogP contribution in [0.4, 0.5) is 0 Å². The Kier molecular flexibility index (Phi) is 5.25. The van der Waals surface area contributed by atoms with Crippen molar-refractivity contribution < 1.29 is 18.3 Å². The van der Waals surface area contributed by atoms with Crippen molar-refractivity contribution in [3.63, 3.8) is 0 Å². The molecule has 1 rings (SSSR count). The Morgan fingerprint density at radius 2 is 2.00 bits per heavy atom. The number of carboxylic acid groups (broad SMARTS) is 1. The molecule has 108 valence electrons. The Labute approximate surface area is 118 Å². The van der Waals surface area contributed by atoms with E-state index in [0.29, 0.717) is 0 Å². The minimum atomic E-state index is -4.05. The summed E-state index contributed by atoms with van der Waals surface area (Å²) in [6.45, 7) is 3.60. The van der Waals surface area contributed by atoms with Gasteiger partial charge in [-0.1, -0.05) is 26.0 Å². The largest absolute Gasteiger partial charge is 0.480 e. The Morgan fingerprint density at radius 3 is 2.50 bits per heavy atom. The summed E-state index contributed by atoms with van der Waals surface area (Å²) < 4.78 is 26.5. The molecule has 0 saturated carbocycles. The van der Waals surface area contributed by atoms with Crippen molar-refractivity contribution in [2.45, 2.75) is 31.2 Å². The smallest absolute Gasteiger partial charge is 0.321 e. The van der Waals surface area contributed by atoms with Gasteiger partial charge < -0.3 is 5.11 Å². The van der Waals surface area contributed by atoms with Crippen LogP contribution in [0.1, 0.15) is 25.8 Å². The standard InChI is InChI=1S/C13H16N2O4S/c1-9(2)7-11(13(16)17)15-20(18,19)12-6-4-3-5-10(12)8-14/h3-6,9,11,15H,7H2,1-2H3,(H,16,17)/t11-/m1/s1. The van der Waals surface area contributed by atoms with Gasteiger partial charge in [-0.05, 0) is 24.5 Å². The summed E-state index contributed by atoms with van der Waals surface area (Å²) in [6, 6.07) is 6.23. The Morgan fingerprint density at radius 1 is 1.40 bits per heavy atom. The normalized spacial score (nSPS) is 12.9. The van der Waals surface area contributed by atoms with Gasteiger partial charge >= 0.3 is 5.97 Å². The van der Waals surface area contributed by atoms with Crippen LogP contribution in [0.25, 0.3) is 0 Å². The number of nitriles is 1. The van der Waals surface area contributed by atoms with E-state index in [2.05, 4.69) is 4.72 Å². The van der Waals surface area contributed by atoms with Gasteiger partial charge in [-0.15, -0.1) is 0 Å². The van der Waals surface area contributed by atoms with Crippen LogP contribution in [0.2, 0.25) is 0 Å². The fraction of sp³-hybridized carbons (Fsp3) is 0.385. The molecule has 1 aromatic carbocycles. The van der Waals surface area contributed by atoms with Crippen LogP contribution >= 0.6 is 0 Å². The van der Waals surface area contributed by atoms with Crippen LogP contribution in [-0.2, 0) is 14.8 Å². The van der Waals surface area contributed by atoms with Crippen LogP contribution in [-0.4, -0.2) is 25.5 Å². The molecule has 20 heavy (non-hydrogen) atoms. The molecule has 2 N–H and O–H groups in total. The first-order valence-electron chi connectivity index (χ1n) is 6.02. The van der Waals surface area contributed by atoms with Gasteiger partial charge in [0.05, 0.1) is 10.5 Å². The molecular weight excluding hydrogens is 280 g/mol. The molecule has 0 aliphatic rings. The van der Waals surface area contributed by atoms with E-state index in [-0.39, 0.29) is 22.8 Å². The molecular formula is C13H16N2O4S. The quantitative estimate of drug-likeness (QED) is 0.823. The van der Waals surface area contributed by atoms with Crippen molar-refractivity contribution in [2.75, 3.05) is 0 Å². The summed E-state index contributed by atoms with van der Waals surface area (Å²) >= 11 is 0. The molecule has 0 bridgehead atoms. The molecule has 6 nitrogen and oxygen atoms in total. The number of aliphatic carboxylic acids is 1. The van der Waals surface area contributed by atoms with Crippen LogP contribution in [0.5, 0.6) is 0 Å². The molecule has 0 radical (unpaired) electrons. The number of sulfonamides is 1. The second kappa shape index (κ2) is 6.50. The fourth-order valence-electron chi connectivity index (χ4n) is 1.71. The Balaban J connectivity index is 3.11. The third kappa shape index (κ3) is 4.05. The summed E-state index contributed by atoms with van der Waals surface area (Å²) in [5, 5.41) is 18.0. The number of benzene rings is 1. The van der Waals surface area contributed by atoms with Crippen LogP contribution in [0.15, 0.2) is 29.2 Å². The van der Waals surface area contributed by atoms with Gasteiger partial charge in [0.2, 0.25) is 10.0 Å². The summed E-state index contributed by atoms with van der Waals surface area (Å²) in [4.78, 5) is 10.9. The predicted molar refractivity (Wildman–Crippen MR) is 72.4 cm³/mol. The number of carboxylic acids is 1. The average Bonchev–Trinajstić information content (AvgIpc) is 2.37. The molecule has 0 spiro atoms. The summed E-state index contributed by atoms with van der Waals surface area (Å²) in [5.41, 5.74) is -0.0197. The molecule has 1 atom stereocenters. The number of carbonyl (C=O) groups is 1. The highest BCUT2D eigenvalue weighted by Crippen LogP contribution is 2.16. The van der Waals surface area contributed by atoms with Crippen LogP contribution < -0.4 is 4.72 Å². The van der Waals surface area contributed by atoms with E-state index in [4.69, 9.17) is 10.4 Å². The molecule has 1 aromatic rings. The van der Waals surface area contributed by atoms with Crippen molar-refractivity contribution in [3.05, 3.63) is 29.8 Å². The zero-order valence-corrected chi connectivity index (χ0v) is 12.0. The van der Waals surface area contributed by atoms with Crippen molar-refractivity contribution >= 4 is 16.0 Å². The lowest BCUT2D eigenvalue weighted by Gasteiger charge is -2.17. The van der Waals surface area contributed by atoms with Crippen LogP contribution in [0.3, 0.4) is 0 Å². The van der Waals surface area contributed by atoms with E-state index in [1.165, 1.54) is 18.2 Å². The highest BCUT2D eigenvalue weighted by Gasteiger charge is 2.27. The minimum absolute atomic E-state index is 0.0185. The lowest BCUT2D eigenvalue weighted by atomic mass is 10.1. The second-order valence-corrected chi connectivity index (χ2v) is 6.43. The third-order valence-corrected chi connectivity index (χ3v) is 4.13. The van der Waals surface area contributed by atoms with Crippen molar-refractivity contribution in [1.82, 2.24) is 4.72 Å². The lowest BCUT2D eigenvalue weighted by Crippen LogP contribution is -2.41. The van der Waals surface area contributed by atoms with E-state index in [9.17, 15) is 13.2 Å². The number of hydrogen-bond acceptors (Lipinski definition) is 4. The molecule has 0 aliphatic carbocycles. The molecule has 0 fully saturated rings. The number of hydrogen-bond donors (Lipinski definition) is 2. The van der Waals surface area contributed by atoms with Crippen molar-refractivity contribution in [1.29, 1.82) is 5.26 Å². The maximum atomic E-state index is 12.2. The average molecular weight is 296 g/mol. The van der Waals surface area contributed by atoms with E-state index in [0.717, 1.165) is 0 Å².